The highest BCUT2D eigenvalue weighted by atomic mass is 32.2. The fourth-order valence-corrected chi connectivity index (χ4v) is 3.31. The SMILES string of the molecule is CCCCS(=O)(=O)CCCc1cc(N)ccc1N. The predicted molar refractivity (Wildman–Crippen MR) is 77.1 cm³/mol. The molecule has 0 saturated heterocycles. The van der Waals surface area contributed by atoms with Gasteiger partial charge in [0, 0.05) is 11.4 Å². The number of aryl methyl sites for hydroxylation is 1. The zero-order chi connectivity index (χ0) is 13.6. The number of sulfone groups is 1. The van der Waals surface area contributed by atoms with Gasteiger partial charge in [0.25, 0.3) is 0 Å². The van der Waals surface area contributed by atoms with Gasteiger partial charge in [-0.2, -0.15) is 0 Å². The molecule has 0 unspecified atom stereocenters. The van der Waals surface area contributed by atoms with Crippen molar-refractivity contribution in [3.8, 4) is 0 Å². The maximum atomic E-state index is 11.7. The van der Waals surface area contributed by atoms with Crippen molar-refractivity contribution in [2.75, 3.05) is 23.0 Å². The Hall–Kier alpha value is -1.23. The second kappa shape index (κ2) is 6.64. The van der Waals surface area contributed by atoms with Gasteiger partial charge < -0.3 is 11.5 Å². The number of nitrogen functional groups attached to an aromatic ring is 2. The van der Waals surface area contributed by atoms with E-state index in [1.54, 1.807) is 12.1 Å². The number of hydrogen-bond donors (Lipinski definition) is 2. The van der Waals surface area contributed by atoms with Gasteiger partial charge >= 0.3 is 0 Å². The third-order valence-corrected chi connectivity index (χ3v) is 4.70. The molecular weight excluding hydrogens is 248 g/mol. The summed E-state index contributed by atoms with van der Waals surface area (Å²) in [5.74, 6) is 0.511. The molecule has 0 atom stereocenters. The van der Waals surface area contributed by atoms with Gasteiger partial charge in [0.05, 0.1) is 11.5 Å². The highest BCUT2D eigenvalue weighted by Crippen LogP contribution is 2.17. The molecule has 1 aromatic carbocycles. The Morgan fingerprint density at radius 2 is 1.78 bits per heavy atom. The first-order valence-electron chi connectivity index (χ1n) is 6.29. The van der Waals surface area contributed by atoms with Crippen molar-refractivity contribution in [1.82, 2.24) is 0 Å². The molecule has 0 aromatic heterocycles. The van der Waals surface area contributed by atoms with Crippen LogP contribution in [0.2, 0.25) is 0 Å². The number of unbranched alkanes of at least 4 members (excludes halogenated alkanes) is 1. The number of rotatable bonds is 7. The minimum atomic E-state index is -2.91. The van der Waals surface area contributed by atoms with Gasteiger partial charge in [0.2, 0.25) is 0 Å². The molecule has 1 rings (SSSR count). The van der Waals surface area contributed by atoms with Crippen molar-refractivity contribution in [2.45, 2.75) is 32.6 Å². The molecule has 0 saturated carbocycles. The monoisotopic (exact) mass is 270 g/mol. The second-order valence-corrected chi connectivity index (χ2v) is 6.87. The number of anilines is 2. The third kappa shape index (κ3) is 4.96. The molecule has 0 aliphatic heterocycles. The lowest BCUT2D eigenvalue weighted by atomic mass is 10.1. The summed E-state index contributed by atoms with van der Waals surface area (Å²) in [6.45, 7) is 1.99. The summed E-state index contributed by atoms with van der Waals surface area (Å²) in [6.07, 6.45) is 2.89. The van der Waals surface area contributed by atoms with Gasteiger partial charge in [-0.05, 0) is 43.0 Å². The van der Waals surface area contributed by atoms with Crippen LogP contribution in [0.4, 0.5) is 11.4 Å². The molecule has 0 amide bonds. The van der Waals surface area contributed by atoms with Crippen molar-refractivity contribution < 1.29 is 8.42 Å². The van der Waals surface area contributed by atoms with Crippen LogP contribution in [-0.4, -0.2) is 19.9 Å². The lowest BCUT2D eigenvalue weighted by Gasteiger charge is -2.07. The minimum Gasteiger partial charge on any atom is -0.399 e. The van der Waals surface area contributed by atoms with Crippen LogP contribution >= 0.6 is 0 Å². The van der Waals surface area contributed by atoms with Gasteiger partial charge in [-0.1, -0.05) is 13.3 Å². The average Bonchev–Trinajstić information content (AvgIpc) is 2.31. The molecule has 5 heteroatoms. The number of nitrogens with two attached hydrogens (primary N) is 2. The molecular formula is C13H22N2O2S. The van der Waals surface area contributed by atoms with E-state index in [1.807, 2.05) is 13.0 Å². The fourth-order valence-electron chi connectivity index (χ4n) is 1.79. The molecule has 18 heavy (non-hydrogen) atoms. The molecule has 102 valence electrons. The minimum absolute atomic E-state index is 0.223. The van der Waals surface area contributed by atoms with Crippen molar-refractivity contribution in [1.29, 1.82) is 0 Å². The fraction of sp³-hybridized carbons (Fsp3) is 0.538. The molecule has 0 aliphatic rings. The van der Waals surface area contributed by atoms with E-state index in [0.717, 1.165) is 18.4 Å². The first-order chi connectivity index (χ1) is 8.44. The van der Waals surface area contributed by atoms with Crippen molar-refractivity contribution in [2.24, 2.45) is 0 Å². The van der Waals surface area contributed by atoms with Crippen LogP contribution in [0.15, 0.2) is 18.2 Å². The van der Waals surface area contributed by atoms with Crippen LogP contribution in [0, 0.1) is 0 Å². The van der Waals surface area contributed by atoms with Crippen LogP contribution in [0.5, 0.6) is 0 Å². The maximum Gasteiger partial charge on any atom is 0.150 e. The highest BCUT2D eigenvalue weighted by Gasteiger charge is 2.10. The van der Waals surface area contributed by atoms with E-state index in [4.69, 9.17) is 11.5 Å². The molecule has 0 radical (unpaired) electrons. The lowest BCUT2D eigenvalue weighted by molar-refractivity contribution is 0.590. The topological polar surface area (TPSA) is 86.2 Å². The maximum absolute atomic E-state index is 11.7. The Balaban J connectivity index is 2.49. The standard InChI is InChI=1S/C13H22N2O2S/c1-2-3-8-18(16,17)9-4-5-11-10-12(14)6-7-13(11)15/h6-7,10H,2-5,8-9,14-15H2,1H3. The highest BCUT2D eigenvalue weighted by molar-refractivity contribution is 7.91. The Kier molecular flexibility index (Phi) is 5.47. The molecule has 0 bridgehead atoms. The number of benzene rings is 1. The van der Waals surface area contributed by atoms with E-state index in [1.165, 1.54) is 0 Å². The number of hydrogen-bond acceptors (Lipinski definition) is 4. The molecule has 1 aromatic rings. The first kappa shape index (κ1) is 14.8. The normalized spacial score (nSPS) is 11.6. The van der Waals surface area contributed by atoms with Crippen molar-refractivity contribution >= 4 is 21.2 Å². The Bertz CT molecular complexity index is 484. The predicted octanol–water partition coefficient (Wildman–Crippen LogP) is 2.00. The summed E-state index contributed by atoms with van der Waals surface area (Å²) in [5.41, 5.74) is 13.8. The largest absolute Gasteiger partial charge is 0.399 e. The zero-order valence-corrected chi connectivity index (χ0v) is 11.7. The Labute approximate surface area is 109 Å². The summed E-state index contributed by atoms with van der Waals surface area (Å²) in [5, 5.41) is 0. The molecule has 4 N–H and O–H groups in total. The van der Waals surface area contributed by atoms with E-state index in [-0.39, 0.29) is 11.5 Å². The van der Waals surface area contributed by atoms with Crippen molar-refractivity contribution in [3.63, 3.8) is 0 Å². The molecule has 0 fully saturated rings. The summed E-state index contributed by atoms with van der Waals surface area (Å²) in [7, 11) is -2.91. The van der Waals surface area contributed by atoms with E-state index in [9.17, 15) is 8.42 Å². The van der Waals surface area contributed by atoms with Crippen LogP contribution in [-0.2, 0) is 16.3 Å². The third-order valence-electron chi connectivity index (χ3n) is 2.88. The second-order valence-electron chi connectivity index (χ2n) is 4.57. The van der Waals surface area contributed by atoms with Gasteiger partial charge in [-0.15, -0.1) is 0 Å². The van der Waals surface area contributed by atoms with Crippen molar-refractivity contribution in [3.05, 3.63) is 23.8 Å². The van der Waals surface area contributed by atoms with E-state index < -0.39 is 9.84 Å². The summed E-state index contributed by atoms with van der Waals surface area (Å²) in [4.78, 5) is 0. The molecule has 0 aliphatic carbocycles. The Morgan fingerprint density at radius 3 is 2.44 bits per heavy atom. The molecule has 4 nitrogen and oxygen atoms in total. The van der Waals surface area contributed by atoms with E-state index in [0.29, 0.717) is 24.2 Å². The quantitative estimate of drug-likeness (QED) is 0.742. The van der Waals surface area contributed by atoms with E-state index in [2.05, 4.69) is 0 Å². The van der Waals surface area contributed by atoms with Gasteiger partial charge in [0.15, 0.2) is 0 Å². The van der Waals surface area contributed by atoms with Gasteiger partial charge in [0.1, 0.15) is 9.84 Å². The smallest absolute Gasteiger partial charge is 0.150 e. The first-order valence-corrected chi connectivity index (χ1v) is 8.11. The average molecular weight is 270 g/mol. The lowest BCUT2D eigenvalue weighted by Crippen LogP contribution is -2.12. The molecule has 0 heterocycles. The van der Waals surface area contributed by atoms with Gasteiger partial charge in [-0.25, -0.2) is 8.42 Å². The van der Waals surface area contributed by atoms with E-state index >= 15 is 0 Å². The summed E-state index contributed by atoms with van der Waals surface area (Å²) >= 11 is 0. The summed E-state index contributed by atoms with van der Waals surface area (Å²) < 4.78 is 23.4. The van der Waals surface area contributed by atoms with Crippen LogP contribution in [0.3, 0.4) is 0 Å². The molecule has 0 spiro atoms. The van der Waals surface area contributed by atoms with Crippen LogP contribution in [0.25, 0.3) is 0 Å². The van der Waals surface area contributed by atoms with Crippen LogP contribution < -0.4 is 11.5 Å². The van der Waals surface area contributed by atoms with Crippen LogP contribution in [0.1, 0.15) is 31.7 Å². The van der Waals surface area contributed by atoms with Gasteiger partial charge in [-0.3, -0.25) is 0 Å². The Morgan fingerprint density at radius 1 is 1.11 bits per heavy atom. The zero-order valence-electron chi connectivity index (χ0n) is 10.9. The summed E-state index contributed by atoms with van der Waals surface area (Å²) in [6, 6.07) is 5.32.